The standard InChI is InChI=1S/C12H17N5O/c1-3-13-8-11-16-17-12(18-11)15-7-10-6-14-5-4-9(10)2/h4-6,13H,3,7-8H2,1-2H3,(H,15,17). The fourth-order valence-electron chi connectivity index (χ4n) is 1.48. The molecule has 2 heterocycles. The molecule has 2 aromatic heterocycles. The summed E-state index contributed by atoms with van der Waals surface area (Å²) in [6, 6.07) is 2.41. The van der Waals surface area contributed by atoms with E-state index in [1.54, 1.807) is 6.20 Å². The summed E-state index contributed by atoms with van der Waals surface area (Å²) in [5.74, 6) is 0.585. The lowest BCUT2D eigenvalue weighted by atomic mass is 10.2. The van der Waals surface area contributed by atoms with Gasteiger partial charge in [0, 0.05) is 18.9 Å². The van der Waals surface area contributed by atoms with Gasteiger partial charge in [0.25, 0.3) is 0 Å². The van der Waals surface area contributed by atoms with Gasteiger partial charge in [0.2, 0.25) is 5.89 Å². The zero-order valence-electron chi connectivity index (χ0n) is 10.6. The monoisotopic (exact) mass is 247 g/mol. The molecule has 0 aromatic carbocycles. The van der Waals surface area contributed by atoms with Crippen molar-refractivity contribution in [2.75, 3.05) is 11.9 Å². The minimum absolute atomic E-state index is 0.436. The summed E-state index contributed by atoms with van der Waals surface area (Å²) < 4.78 is 5.43. The maximum absolute atomic E-state index is 5.43. The van der Waals surface area contributed by atoms with Gasteiger partial charge in [0.1, 0.15) is 0 Å². The second-order valence-corrected chi connectivity index (χ2v) is 3.94. The first-order chi connectivity index (χ1) is 8.79. The normalized spacial score (nSPS) is 10.6. The summed E-state index contributed by atoms with van der Waals surface area (Å²) in [5, 5.41) is 14.1. The molecule has 0 aliphatic heterocycles. The van der Waals surface area contributed by atoms with Crippen LogP contribution >= 0.6 is 0 Å². The number of hydrogen-bond donors (Lipinski definition) is 2. The Morgan fingerprint density at radius 1 is 1.28 bits per heavy atom. The van der Waals surface area contributed by atoms with Crippen molar-refractivity contribution < 1.29 is 4.42 Å². The Bertz CT molecular complexity index is 497. The fraction of sp³-hybridized carbons (Fsp3) is 0.417. The van der Waals surface area contributed by atoms with E-state index >= 15 is 0 Å². The number of rotatable bonds is 6. The third-order valence-electron chi connectivity index (χ3n) is 2.57. The first kappa shape index (κ1) is 12.5. The number of aryl methyl sites for hydroxylation is 1. The van der Waals surface area contributed by atoms with Crippen molar-refractivity contribution in [2.45, 2.75) is 26.9 Å². The van der Waals surface area contributed by atoms with Crippen LogP contribution in [0.15, 0.2) is 22.9 Å². The van der Waals surface area contributed by atoms with E-state index in [9.17, 15) is 0 Å². The second kappa shape index (κ2) is 6.11. The van der Waals surface area contributed by atoms with Gasteiger partial charge in [0.05, 0.1) is 6.54 Å². The minimum Gasteiger partial charge on any atom is -0.407 e. The van der Waals surface area contributed by atoms with Crippen LogP contribution in [0.25, 0.3) is 0 Å². The van der Waals surface area contributed by atoms with E-state index in [1.165, 1.54) is 5.56 Å². The smallest absolute Gasteiger partial charge is 0.315 e. The van der Waals surface area contributed by atoms with Crippen LogP contribution in [0.1, 0.15) is 23.9 Å². The summed E-state index contributed by atoms with van der Waals surface area (Å²) >= 11 is 0. The Hall–Kier alpha value is -1.95. The predicted octanol–water partition coefficient (Wildman–Crippen LogP) is 1.49. The summed E-state index contributed by atoms with van der Waals surface area (Å²) in [6.07, 6.45) is 3.61. The Kier molecular flexibility index (Phi) is 4.25. The average Bonchev–Trinajstić information content (AvgIpc) is 2.83. The number of pyridine rings is 1. The lowest BCUT2D eigenvalue weighted by molar-refractivity contribution is 0.481. The van der Waals surface area contributed by atoms with Crippen LogP contribution in [0.3, 0.4) is 0 Å². The highest BCUT2D eigenvalue weighted by molar-refractivity contribution is 5.27. The Morgan fingerprint density at radius 3 is 2.94 bits per heavy atom. The van der Waals surface area contributed by atoms with Crippen LogP contribution < -0.4 is 10.6 Å². The molecule has 96 valence electrons. The number of aromatic nitrogens is 3. The van der Waals surface area contributed by atoms with E-state index in [1.807, 2.05) is 26.1 Å². The molecule has 0 amide bonds. The molecule has 6 nitrogen and oxygen atoms in total. The van der Waals surface area contributed by atoms with E-state index in [-0.39, 0.29) is 0 Å². The van der Waals surface area contributed by atoms with E-state index < -0.39 is 0 Å². The Labute approximate surface area is 106 Å². The molecule has 0 radical (unpaired) electrons. The molecule has 6 heteroatoms. The highest BCUT2D eigenvalue weighted by atomic mass is 16.4. The van der Waals surface area contributed by atoms with Gasteiger partial charge < -0.3 is 15.1 Å². The molecule has 0 aliphatic rings. The van der Waals surface area contributed by atoms with Crippen LogP contribution in [0.2, 0.25) is 0 Å². The molecule has 0 aliphatic carbocycles. The maximum atomic E-state index is 5.43. The molecule has 0 saturated heterocycles. The molecular formula is C12H17N5O. The zero-order chi connectivity index (χ0) is 12.8. The maximum Gasteiger partial charge on any atom is 0.315 e. The van der Waals surface area contributed by atoms with Crippen LogP contribution in [-0.2, 0) is 13.1 Å². The van der Waals surface area contributed by atoms with Gasteiger partial charge in [0.15, 0.2) is 0 Å². The van der Waals surface area contributed by atoms with Gasteiger partial charge in [-0.3, -0.25) is 4.98 Å². The molecular weight excluding hydrogens is 230 g/mol. The van der Waals surface area contributed by atoms with Crippen LogP contribution in [0.4, 0.5) is 6.01 Å². The second-order valence-electron chi connectivity index (χ2n) is 3.94. The van der Waals surface area contributed by atoms with E-state index in [2.05, 4.69) is 25.8 Å². The fourth-order valence-corrected chi connectivity index (χ4v) is 1.48. The van der Waals surface area contributed by atoms with Crippen molar-refractivity contribution in [1.29, 1.82) is 0 Å². The number of hydrogen-bond acceptors (Lipinski definition) is 6. The Morgan fingerprint density at radius 2 is 2.17 bits per heavy atom. The van der Waals surface area contributed by atoms with Crippen LogP contribution in [-0.4, -0.2) is 21.7 Å². The highest BCUT2D eigenvalue weighted by Crippen LogP contribution is 2.10. The van der Waals surface area contributed by atoms with Crippen molar-refractivity contribution in [2.24, 2.45) is 0 Å². The summed E-state index contributed by atoms with van der Waals surface area (Å²) in [5.41, 5.74) is 2.30. The molecule has 0 saturated carbocycles. The van der Waals surface area contributed by atoms with Crippen molar-refractivity contribution in [3.8, 4) is 0 Å². The van der Waals surface area contributed by atoms with Crippen molar-refractivity contribution in [1.82, 2.24) is 20.5 Å². The molecule has 2 rings (SSSR count). The minimum atomic E-state index is 0.436. The summed E-state index contributed by atoms with van der Waals surface area (Å²) in [7, 11) is 0. The lowest BCUT2D eigenvalue weighted by Crippen LogP contribution is -2.11. The molecule has 0 bridgehead atoms. The third-order valence-corrected chi connectivity index (χ3v) is 2.57. The largest absolute Gasteiger partial charge is 0.407 e. The van der Waals surface area contributed by atoms with Crippen molar-refractivity contribution in [3.63, 3.8) is 0 Å². The van der Waals surface area contributed by atoms with E-state index in [0.29, 0.717) is 25.0 Å². The van der Waals surface area contributed by atoms with E-state index in [0.717, 1.165) is 12.1 Å². The first-order valence-corrected chi connectivity index (χ1v) is 5.96. The predicted molar refractivity (Wildman–Crippen MR) is 68.0 cm³/mol. The molecule has 0 unspecified atom stereocenters. The van der Waals surface area contributed by atoms with Crippen LogP contribution in [0, 0.1) is 6.92 Å². The van der Waals surface area contributed by atoms with E-state index in [4.69, 9.17) is 4.42 Å². The van der Waals surface area contributed by atoms with Gasteiger partial charge >= 0.3 is 6.01 Å². The lowest BCUT2D eigenvalue weighted by Gasteiger charge is -2.04. The van der Waals surface area contributed by atoms with Crippen LogP contribution in [0.5, 0.6) is 0 Å². The molecule has 2 N–H and O–H groups in total. The number of anilines is 1. The molecule has 18 heavy (non-hydrogen) atoms. The van der Waals surface area contributed by atoms with Gasteiger partial charge in [-0.2, -0.15) is 0 Å². The quantitative estimate of drug-likeness (QED) is 0.805. The summed E-state index contributed by atoms with van der Waals surface area (Å²) in [4.78, 5) is 4.09. The van der Waals surface area contributed by atoms with Gasteiger partial charge in [-0.05, 0) is 30.7 Å². The molecule has 0 atom stereocenters. The van der Waals surface area contributed by atoms with Gasteiger partial charge in [-0.25, -0.2) is 0 Å². The summed E-state index contributed by atoms with van der Waals surface area (Å²) in [6.45, 7) is 6.17. The zero-order valence-corrected chi connectivity index (χ0v) is 10.6. The Balaban J connectivity index is 1.90. The van der Waals surface area contributed by atoms with Crippen molar-refractivity contribution in [3.05, 3.63) is 35.5 Å². The SMILES string of the molecule is CCNCc1nnc(NCc2cnccc2C)o1. The highest BCUT2D eigenvalue weighted by Gasteiger charge is 2.05. The van der Waals surface area contributed by atoms with Gasteiger partial charge in [-0.15, -0.1) is 5.10 Å². The number of nitrogens with zero attached hydrogens (tertiary/aromatic N) is 3. The molecule has 0 fully saturated rings. The van der Waals surface area contributed by atoms with Gasteiger partial charge in [-0.1, -0.05) is 12.0 Å². The number of nitrogens with one attached hydrogen (secondary N) is 2. The molecule has 0 spiro atoms. The first-order valence-electron chi connectivity index (χ1n) is 5.96. The third kappa shape index (κ3) is 3.27. The topological polar surface area (TPSA) is 75.9 Å². The molecule has 2 aromatic rings. The van der Waals surface area contributed by atoms with Crippen molar-refractivity contribution >= 4 is 6.01 Å². The average molecular weight is 247 g/mol.